The van der Waals surface area contributed by atoms with Crippen LogP contribution in [0.2, 0.25) is 5.02 Å². The Hall–Kier alpha value is -1.55. The Morgan fingerprint density at radius 3 is 2.83 bits per heavy atom. The van der Waals surface area contributed by atoms with Crippen LogP contribution in [-0.2, 0) is 9.59 Å². The number of nitrogens with zero attached hydrogens (tertiary/aromatic N) is 2. The van der Waals surface area contributed by atoms with Gasteiger partial charge in [0.2, 0.25) is 11.8 Å². The lowest BCUT2D eigenvalue weighted by Crippen LogP contribution is -2.43. The van der Waals surface area contributed by atoms with E-state index in [1.165, 1.54) is 6.42 Å². The second kappa shape index (κ2) is 6.52. The summed E-state index contributed by atoms with van der Waals surface area (Å²) in [7, 11) is 0. The van der Waals surface area contributed by atoms with E-state index in [0.29, 0.717) is 23.9 Å². The normalized spacial score (nSPS) is 25.1. The Bertz CT molecular complexity index is 631. The van der Waals surface area contributed by atoms with Gasteiger partial charge in [-0.2, -0.15) is 0 Å². The quantitative estimate of drug-likeness (QED) is 0.833. The van der Waals surface area contributed by atoms with Crippen molar-refractivity contribution >= 4 is 29.1 Å². The predicted molar refractivity (Wildman–Crippen MR) is 91.6 cm³/mol. The maximum absolute atomic E-state index is 12.7. The molecule has 0 radical (unpaired) electrons. The highest BCUT2D eigenvalue weighted by Crippen LogP contribution is 2.31. The summed E-state index contributed by atoms with van der Waals surface area (Å²) in [4.78, 5) is 28.8. The summed E-state index contributed by atoms with van der Waals surface area (Å²) in [5.41, 5.74) is 1.83. The third kappa shape index (κ3) is 3.37. The average molecular weight is 335 g/mol. The maximum atomic E-state index is 12.7. The monoisotopic (exact) mass is 334 g/mol. The fourth-order valence-corrected chi connectivity index (χ4v) is 3.79. The van der Waals surface area contributed by atoms with Gasteiger partial charge in [0.05, 0.1) is 5.92 Å². The molecule has 1 aromatic rings. The molecule has 2 fully saturated rings. The lowest BCUT2D eigenvalue weighted by molar-refractivity contribution is -0.137. The van der Waals surface area contributed by atoms with Gasteiger partial charge in [-0.3, -0.25) is 9.59 Å². The highest BCUT2D eigenvalue weighted by molar-refractivity contribution is 6.31. The first-order valence-electron chi connectivity index (χ1n) is 8.31. The molecule has 124 valence electrons. The van der Waals surface area contributed by atoms with E-state index < -0.39 is 0 Å². The van der Waals surface area contributed by atoms with Crippen LogP contribution < -0.4 is 4.90 Å². The third-order valence-electron chi connectivity index (χ3n) is 4.90. The van der Waals surface area contributed by atoms with Crippen molar-refractivity contribution in [2.45, 2.75) is 33.1 Å². The Labute approximate surface area is 142 Å². The fraction of sp³-hybridized carbons (Fsp3) is 0.556. The molecule has 3 rings (SSSR count). The smallest absolute Gasteiger partial charge is 0.228 e. The Kier molecular flexibility index (Phi) is 4.62. The second-order valence-electron chi connectivity index (χ2n) is 6.87. The Morgan fingerprint density at radius 2 is 2.09 bits per heavy atom. The van der Waals surface area contributed by atoms with Gasteiger partial charge in [-0.1, -0.05) is 24.6 Å². The second-order valence-corrected chi connectivity index (χ2v) is 7.30. The van der Waals surface area contributed by atoms with Gasteiger partial charge in [-0.05, 0) is 43.4 Å². The molecule has 2 amide bonds. The van der Waals surface area contributed by atoms with Crippen LogP contribution in [0.1, 0.15) is 31.7 Å². The van der Waals surface area contributed by atoms with Crippen LogP contribution >= 0.6 is 11.6 Å². The minimum atomic E-state index is -0.230. The summed E-state index contributed by atoms with van der Waals surface area (Å²) >= 11 is 6.07. The lowest BCUT2D eigenvalue weighted by atomic mass is 9.98. The lowest BCUT2D eigenvalue weighted by Gasteiger charge is -2.32. The van der Waals surface area contributed by atoms with Crippen molar-refractivity contribution < 1.29 is 9.59 Å². The van der Waals surface area contributed by atoms with Crippen molar-refractivity contribution in [2.75, 3.05) is 24.5 Å². The molecule has 0 spiro atoms. The molecule has 5 heteroatoms. The molecule has 2 unspecified atom stereocenters. The Morgan fingerprint density at radius 1 is 1.30 bits per heavy atom. The summed E-state index contributed by atoms with van der Waals surface area (Å²) < 4.78 is 0. The van der Waals surface area contributed by atoms with E-state index in [4.69, 9.17) is 11.6 Å². The van der Waals surface area contributed by atoms with E-state index >= 15 is 0 Å². The van der Waals surface area contributed by atoms with Crippen molar-refractivity contribution in [2.24, 2.45) is 11.8 Å². The van der Waals surface area contributed by atoms with E-state index in [0.717, 1.165) is 30.8 Å². The summed E-state index contributed by atoms with van der Waals surface area (Å²) in [6.07, 6.45) is 2.54. The van der Waals surface area contributed by atoms with Gasteiger partial charge < -0.3 is 9.80 Å². The molecule has 1 aromatic carbocycles. The number of carbonyl (C=O) groups excluding carboxylic acids is 2. The van der Waals surface area contributed by atoms with Gasteiger partial charge in [-0.15, -0.1) is 0 Å². The number of amides is 2. The van der Waals surface area contributed by atoms with Crippen molar-refractivity contribution in [3.8, 4) is 0 Å². The highest BCUT2D eigenvalue weighted by Gasteiger charge is 2.38. The van der Waals surface area contributed by atoms with Gasteiger partial charge in [0, 0.05) is 36.8 Å². The van der Waals surface area contributed by atoms with Gasteiger partial charge in [0.1, 0.15) is 0 Å². The first-order valence-corrected chi connectivity index (χ1v) is 8.69. The number of benzene rings is 1. The van der Waals surface area contributed by atoms with E-state index in [1.54, 1.807) is 4.90 Å². The molecule has 0 aliphatic carbocycles. The van der Waals surface area contributed by atoms with Crippen LogP contribution in [-0.4, -0.2) is 36.3 Å². The number of rotatable bonds is 2. The fourth-order valence-electron chi connectivity index (χ4n) is 3.63. The van der Waals surface area contributed by atoms with Crippen LogP contribution in [0.3, 0.4) is 0 Å². The number of piperidine rings is 1. The molecule has 0 N–H and O–H groups in total. The van der Waals surface area contributed by atoms with Crippen LogP contribution in [0.4, 0.5) is 5.69 Å². The minimum absolute atomic E-state index is 0.0128. The number of carbonyl (C=O) groups is 2. The van der Waals surface area contributed by atoms with E-state index in [9.17, 15) is 9.59 Å². The highest BCUT2D eigenvalue weighted by atomic mass is 35.5. The molecular weight excluding hydrogens is 312 g/mol. The predicted octanol–water partition coefficient (Wildman–Crippen LogP) is 3.26. The Balaban J connectivity index is 1.74. The van der Waals surface area contributed by atoms with Gasteiger partial charge in [0.15, 0.2) is 0 Å². The van der Waals surface area contributed by atoms with Crippen LogP contribution in [0.15, 0.2) is 18.2 Å². The molecular formula is C18H23ClN2O2. The third-order valence-corrected chi connectivity index (χ3v) is 5.14. The van der Waals surface area contributed by atoms with Crippen LogP contribution in [0.25, 0.3) is 0 Å². The zero-order valence-electron chi connectivity index (χ0n) is 13.7. The van der Waals surface area contributed by atoms with Crippen LogP contribution in [0, 0.1) is 18.8 Å². The topological polar surface area (TPSA) is 40.6 Å². The number of anilines is 1. The molecule has 0 saturated carbocycles. The molecule has 23 heavy (non-hydrogen) atoms. The molecule has 0 bridgehead atoms. The summed E-state index contributed by atoms with van der Waals surface area (Å²) in [6, 6.07) is 5.54. The number of hydrogen-bond donors (Lipinski definition) is 0. The largest absolute Gasteiger partial charge is 0.342 e. The molecule has 2 aliphatic rings. The van der Waals surface area contributed by atoms with Crippen molar-refractivity contribution in [3.05, 3.63) is 28.8 Å². The number of halogens is 1. The first kappa shape index (κ1) is 16.3. The summed E-state index contributed by atoms with van der Waals surface area (Å²) in [5, 5.41) is 0.609. The minimum Gasteiger partial charge on any atom is -0.342 e. The van der Waals surface area contributed by atoms with Crippen LogP contribution in [0.5, 0.6) is 0 Å². The zero-order chi connectivity index (χ0) is 16.6. The molecule has 2 atom stereocenters. The maximum Gasteiger partial charge on any atom is 0.228 e. The first-order chi connectivity index (χ1) is 11.0. The standard InChI is InChI=1S/C18H23ClN2O2/c1-12-4-3-7-20(10-12)18(23)14-8-17(22)21(11-14)16-9-15(19)6-5-13(16)2/h5-6,9,12,14H,3-4,7-8,10-11H2,1-2H3. The SMILES string of the molecule is Cc1ccc(Cl)cc1N1CC(C(=O)N2CCCC(C)C2)CC1=O. The molecule has 2 saturated heterocycles. The van der Waals surface area contributed by atoms with Gasteiger partial charge in [0.25, 0.3) is 0 Å². The van der Waals surface area contributed by atoms with Gasteiger partial charge >= 0.3 is 0 Å². The number of hydrogen-bond acceptors (Lipinski definition) is 2. The van der Waals surface area contributed by atoms with E-state index in [1.807, 2.05) is 30.0 Å². The average Bonchev–Trinajstić information content (AvgIpc) is 2.90. The molecule has 0 aromatic heterocycles. The molecule has 2 aliphatic heterocycles. The van der Waals surface area contributed by atoms with Crippen molar-refractivity contribution in [1.82, 2.24) is 4.90 Å². The molecule has 2 heterocycles. The van der Waals surface area contributed by atoms with E-state index in [-0.39, 0.29) is 17.7 Å². The summed E-state index contributed by atoms with van der Waals surface area (Å²) in [6.45, 7) is 6.24. The molecule has 4 nitrogen and oxygen atoms in total. The van der Waals surface area contributed by atoms with E-state index in [2.05, 4.69) is 6.92 Å². The van der Waals surface area contributed by atoms with Gasteiger partial charge in [-0.25, -0.2) is 0 Å². The van der Waals surface area contributed by atoms with Crippen molar-refractivity contribution in [1.29, 1.82) is 0 Å². The number of likely N-dealkylation sites (tertiary alicyclic amines) is 1. The summed E-state index contributed by atoms with van der Waals surface area (Å²) in [5.74, 6) is 0.466. The van der Waals surface area contributed by atoms with Crippen molar-refractivity contribution in [3.63, 3.8) is 0 Å². The zero-order valence-corrected chi connectivity index (χ0v) is 14.5. The number of aryl methyl sites for hydroxylation is 1.